The third kappa shape index (κ3) is 2.53. The fourth-order valence-electron chi connectivity index (χ4n) is 2.33. The van der Waals surface area contributed by atoms with E-state index in [1.807, 2.05) is 0 Å². The van der Waals surface area contributed by atoms with E-state index in [0.29, 0.717) is 11.8 Å². The van der Waals surface area contributed by atoms with Crippen LogP contribution in [0.15, 0.2) is 17.5 Å². The van der Waals surface area contributed by atoms with Gasteiger partial charge in [-0.15, -0.1) is 11.3 Å². The highest BCUT2D eigenvalue weighted by atomic mass is 32.1. The average Bonchev–Trinajstić information content (AvgIpc) is 2.89. The Balaban J connectivity index is 1.92. The molecule has 0 spiro atoms. The summed E-state index contributed by atoms with van der Waals surface area (Å²) in [6.07, 6.45) is 2.97. The molecule has 1 aromatic heterocycles. The summed E-state index contributed by atoms with van der Waals surface area (Å²) >= 11 is 1.79. The van der Waals surface area contributed by atoms with Crippen LogP contribution in [0.4, 0.5) is 0 Å². The normalized spacial score (nSPS) is 22.9. The number of hydrogen-bond donors (Lipinski definition) is 0. The topological polar surface area (TPSA) is 20.3 Å². The predicted octanol–water partition coefficient (Wildman–Crippen LogP) is 3.11. The molecular weight excluding hydrogens is 218 g/mol. The van der Waals surface area contributed by atoms with E-state index < -0.39 is 0 Å². The second-order valence-corrected chi connectivity index (χ2v) is 5.67. The summed E-state index contributed by atoms with van der Waals surface area (Å²) in [4.78, 5) is 15.3. The smallest absolute Gasteiger partial charge is 0.137 e. The monoisotopic (exact) mass is 237 g/mol. The van der Waals surface area contributed by atoms with Crippen molar-refractivity contribution in [2.45, 2.75) is 32.2 Å². The number of carbonyl (C=O) groups excluding carboxylic acids is 1. The molecule has 2 atom stereocenters. The van der Waals surface area contributed by atoms with Gasteiger partial charge in [0, 0.05) is 29.8 Å². The number of ketones is 1. The molecule has 0 bridgehead atoms. The zero-order chi connectivity index (χ0) is 11.5. The second-order valence-electron chi connectivity index (χ2n) is 4.69. The molecule has 2 nitrogen and oxygen atoms in total. The second kappa shape index (κ2) is 5.11. The minimum absolute atomic E-state index is 0.285. The highest BCUT2D eigenvalue weighted by Gasteiger charge is 2.27. The molecule has 0 aliphatic heterocycles. The number of rotatable bonds is 4. The van der Waals surface area contributed by atoms with Gasteiger partial charge >= 0.3 is 0 Å². The Labute approximate surface area is 101 Å². The van der Waals surface area contributed by atoms with Crippen molar-refractivity contribution in [2.24, 2.45) is 5.92 Å². The third-order valence-electron chi connectivity index (χ3n) is 3.56. The van der Waals surface area contributed by atoms with Gasteiger partial charge in [-0.25, -0.2) is 0 Å². The summed E-state index contributed by atoms with van der Waals surface area (Å²) in [6, 6.07) is 4.68. The van der Waals surface area contributed by atoms with E-state index in [4.69, 9.17) is 0 Å². The van der Waals surface area contributed by atoms with Gasteiger partial charge in [-0.05, 0) is 38.3 Å². The molecule has 1 fully saturated rings. The van der Waals surface area contributed by atoms with E-state index >= 15 is 0 Å². The molecular formula is C13H19NOS. The molecule has 1 aromatic rings. The number of nitrogens with zero attached hydrogens (tertiary/aromatic N) is 1. The van der Waals surface area contributed by atoms with Crippen LogP contribution in [0.25, 0.3) is 0 Å². The van der Waals surface area contributed by atoms with Gasteiger partial charge in [-0.1, -0.05) is 6.07 Å². The first-order chi connectivity index (χ1) is 7.68. The van der Waals surface area contributed by atoms with Gasteiger partial charge in [0.1, 0.15) is 5.78 Å². The van der Waals surface area contributed by atoms with Crippen molar-refractivity contribution in [3.8, 4) is 0 Å². The lowest BCUT2D eigenvalue weighted by Gasteiger charge is -2.26. The van der Waals surface area contributed by atoms with Crippen LogP contribution in [0.1, 0.15) is 37.1 Å². The van der Waals surface area contributed by atoms with Crippen LogP contribution in [0, 0.1) is 5.92 Å². The summed E-state index contributed by atoms with van der Waals surface area (Å²) < 4.78 is 0. The molecule has 0 saturated heterocycles. The lowest BCUT2D eigenvalue weighted by atomic mass is 10.1. The van der Waals surface area contributed by atoms with Crippen LogP contribution in [0.5, 0.6) is 0 Å². The van der Waals surface area contributed by atoms with Gasteiger partial charge in [0.05, 0.1) is 0 Å². The Morgan fingerprint density at radius 3 is 3.00 bits per heavy atom. The van der Waals surface area contributed by atoms with Crippen molar-refractivity contribution < 1.29 is 4.79 Å². The highest BCUT2D eigenvalue weighted by molar-refractivity contribution is 7.10. The molecule has 1 aliphatic rings. The van der Waals surface area contributed by atoms with Crippen LogP contribution < -0.4 is 0 Å². The van der Waals surface area contributed by atoms with Gasteiger partial charge in [0.2, 0.25) is 0 Å². The molecule has 1 saturated carbocycles. The molecule has 0 aromatic carbocycles. The maximum atomic E-state index is 11.6. The summed E-state index contributed by atoms with van der Waals surface area (Å²) in [7, 11) is 2.12. The molecule has 16 heavy (non-hydrogen) atoms. The lowest BCUT2D eigenvalue weighted by Crippen LogP contribution is -2.29. The largest absolute Gasteiger partial charge is 0.299 e. The van der Waals surface area contributed by atoms with Crippen LogP contribution in [-0.2, 0) is 4.79 Å². The molecule has 0 amide bonds. The molecule has 1 heterocycles. The van der Waals surface area contributed by atoms with Crippen LogP contribution >= 0.6 is 11.3 Å². The minimum atomic E-state index is 0.285. The molecule has 0 N–H and O–H groups in total. The van der Waals surface area contributed by atoms with Gasteiger partial charge in [-0.2, -0.15) is 0 Å². The predicted molar refractivity (Wildman–Crippen MR) is 67.7 cm³/mol. The zero-order valence-electron chi connectivity index (χ0n) is 9.98. The first-order valence-corrected chi connectivity index (χ1v) is 6.83. The van der Waals surface area contributed by atoms with Crippen LogP contribution in [-0.4, -0.2) is 24.3 Å². The summed E-state index contributed by atoms with van der Waals surface area (Å²) in [5, 5.41) is 2.11. The molecule has 1 aliphatic carbocycles. The third-order valence-corrected chi connectivity index (χ3v) is 4.60. The molecule has 88 valence electrons. The molecule has 2 rings (SSSR count). The number of Topliss-reactive ketones (excluding diaryl/α,β-unsaturated/α-hetero) is 1. The highest BCUT2D eigenvalue weighted by Crippen LogP contribution is 2.27. The van der Waals surface area contributed by atoms with E-state index in [9.17, 15) is 4.79 Å². The maximum absolute atomic E-state index is 11.6. The quantitative estimate of drug-likeness (QED) is 0.802. The standard InChI is InChI=1S/C13H19NOS/c1-10(13-7-4-8-16-13)14(2)9-11-5-3-6-12(11)15/h4,7-8,10-11H,3,5-6,9H2,1-2H3. The maximum Gasteiger partial charge on any atom is 0.137 e. The van der Waals surface area contributed by atoms with E-state index in [-0.39, 0.29) is 5.92 Å². The fraction of sp³-hybridized carbons (Fsp3) is 0.615. The summed E-state index contributed by atoms with van der Waals surface area (Å²) in [5.74, 6) is 0.748. The van der Waals surface area contributed by atoms with E-state index in [1.54, 1.807) is 11.3 Å². The van der Waals surface area contributed by atoms with Gasteiger partial charge in [-0.3, -0.25) is 9.69 Å². The summed E-state index contributed by atoms with van der Waals surface area (Å²) in [5.41, 5.74) is 0. The van der Waals surface area contributed by atoms with Crippen molar-refractivity contribution in [3.05, 3.63) is 22.4 Å². The molecule has 3 heteroatoms. The van der Waals surface area contributed by atoms with Gasteiger partial charge in [0.15, 0.2) is 0 Å². The van der Waals surface area contributed by atoms with Crippen molar-refractivity contribution in [1.29, 1.82) is 0 Å². The first-order valence-electron chi connectivity index (χ1n) is 5.95. The number of thiophene rings is 1. The van der Waals surface area contributed by atoms with Crippen molar-refractivity contribution in [1.82, 2.24) is 4.90 Å². The average molecular weight is 237 g/mol. The van der Waals surface area contributed by atoms with Crippen LogP contribution in [0.3, 0.4) is 0 Å². The van der Waals surface area contributed by atoms with Gasteiger partial charge in [0.25, 0.3) is 0 Å². The van der Waals surface area contributed by atoms with Gasteiger partial charge < -0.3 is 0 Å². The SMILES string of the molecule is CC(c1cccs1)N(C)CC1CCCC1=O. The van der Waals surface area contributed by atoms with E-state index in [0.717, 1.165) is 25.8 Å². The summed E-state index contributed by atoms with van der Waals surface area (Å²) in [6.45, 7) is 3.13. The number of carbonyl (C=O) groups is 1. The first kappa shape index (κ1) is 11.8. The Hall–Kier alpha value is -0.670. The zero-order valence-corrected chi connectivity index (χ0v) is 10.8. The van der Waals surface area contributed by atoms with Crippen LogP contribution in [0.2, 0.25) is 0 Å². The lowest BCUT2D eigenvalue weighted by molar-refractivity contribution is -0.121. The number of hydrogen-bond acceptors (Lipinski definition) is 3. The molecule has 0 radical (unpaired) electrons. The van der Waals surface area contributed by atoms with Crippen molar-refractivity contribution >= 4 is 17.1 Å². The molecule has 2 unspecified atom stereocenters. The Bertz CT molecular complexity index is 347. The Morgan fingerprint density at radius 2 is 2.44 bits per heavy atom. The minimum Gasteiger partial charge on any atom is -0.299 e. The Morgan fingerprint density at radius 1 is 1.62 bits per heavy atom. The fourth-order valence-corrected chi connectivity index (χ4v) is 3.18. The van der Waals surface area contributed by atoms with E-state index in [1.165, 1.54) is 4.88 Å². The Kier molecular flexibility index (Phi) is 3.77. The van der Waals surface area contributed by atoms with E-state index in [2.05, 4.69) is 36.4 Å². The van der Waals surface area contributed by atoms with Crippen molar-refractivity contribution in [2.75, 3.05) is 13.6 Å². The van der Waals surface area contributed by atoms with Crippen molar-refractivity contribution in [3.63, 3.8) is 0 Å².